The van der Waals surface area contributed by atoms with E-state index in [2.05, 4.69) is 5.32 Å². The zero-order chi connectivity index (χ0) is 22.7. The second-order valence-corrected chi connectivity index (χ2v) is 6.47. The van der Waals surface area contributed by atoms with Crippen LogP contribution in [0.3, 0.4) is 0 Å². The van der Waals surface area contributed by atoms with E-state index in [1.807, 2.05) is 0 Å². The first kappa shape index (κ1) is 21.4. The predicted octanol–water partition coefficient (Wildman–Crippen LogP) is 2.24. The van der Waals surface area contributed by atoms with Crippen molar-refractivity contribution >= 4 is 40.8 Å². The summed E-state index contributed by atoms with van der Waals surface area (Å²) in [7, 11) is 0. The van der Waals surface area contributed by atoms with Gasteiger partial charge in [-0.15, -0.1) is 0 Å². The number of nitro groups is 1. The Morgan fingerprint density at radius 1 is 1.10 bits per heavy atom. The Balaban J connectivity index is 1.80. The van der Waals surface area contributed by atoms with Crippen LogP contribution in [0.15, 0.2) is 42.5 Å². The van der Waals surface area contributed by atoms with Crippen LogP contribution in [-0.2, 0) is 14.4 Å². The van der Waals surface area contributed by atoms with Gasteiger partial charge in [0.05, 0.1) is 28.5 Å². The van der Waals surface area contributed by atoms with Crippen molar-refractivity contribution in [2.24, 2.45) is 0 Å². The number of benzene rings is 2. The lowest BCUT2D eigenvalue weighted by molar-refractivity contribution is -0.385. The Bertz CT molecular complexity index is 1100. The van der Waals surface area contributed by atoms with Crippen molar-refractivity contribution in [3.05, 3.63) is 58.1 Å². The second kappa shape index (κ2) is 8.61. The molecule has 0 radical (unpaired) electrons. The van der Waals surface area contributed by atoms with Gasteiger partial charge in [0.15, 0.2) is 0 Å². The molecule has 1 saturated heterocycles. The van der Waals surface area contributed by atoms with E-state index < -0.39 is 35.2 Å². The lowest BCUT2D eigenvalue weighted by atomic mass is 10.1. The van der Waals surface area contributed by atoms with Gasteiger partial charge in [0.25, 0.3) is 5.69 Å². The summed E-state index contributed by atoms with van der Waals surface area (Å²) >= 11 is 0. The molecule has 11 nitrogen and oxygen atoms in total. The molecule has 0 aromatic heterocycles. The minimum absolute atomic E-state index is 0.0881. The van der Waals surface area contributed by atoms with Crippen molar-refractivity contribution in [2.75, 3.05) is 23.4 Å². The number of amides is 5. The topological polar surface area (TPSA) is 139 Å². The van der Waals surface area contributed by atoms with Gasteiger partial charge in [-0.2, -0.15) is 0 Å². The number of anilines is 2. The minimum Gasteiger partial charge on any atom is -0.492 e. The highest BCUT2D eigenvalue weighted by molar-refractivity contribution is 6.53. The molecule has 11 heteroatoms. The molecule has 0 aliphatic carbocycles. The second-order valence-electron chi connectivity index (χ2n) is 6.47. The molecule has 0 saturated carbocycles. The highest BCUT2D eigenvalue weighted by Gasteiger charge is 2.47. The largest absolute Gasteiger partial charge is 0.492 e. The summed E-state index contributed by atoms with van der Waals surface area (Å²) < 4.78 is 5.41. The molecule has 160 valence electrons. The summed E-state index contributed by atoms with van der Waals surface area (Å²) in [4.78, 5) is 61.6. The van der Waals surface area contributed by atoms with Crippen LogP contribution in [0.1, 0.15) is 12.5 Å². The summed E-state index contributed by atoms with van der Waals surface area (Å²) in [6.07, 6.45) is 0. The van der Waals surface area contributed by atoms with Gasteiger partial charge in [-0.05, 0) is 32.0 Å². The maximum absolute atomic E-state index is 12.8. The van der Waals surface area contributed by atoms with Crippen LogP contribution in [0.4, 0.5) is 21.9 Å². The van der Waals surface area contributed by atoms with E-state index in [-0.39, 0.29) is 35.0 Å². The fraction of sp³-hybridized carbons (Fsp3) is 0.200. The molecule has 0 atom stereocenters. The first-order valence-corrected chi connectivity index (χ1v) is 9.21. The number of hydrogen-bond acceptors (Lipinski definition) is 7. The third-order valence-corrected chi connectivity index (χ3v) is 4.54. The molecule has 1 aliphatic rings. The summed E-state index contributed by atoms with van der Waals surface area (Å²) in [5, 5.41) is 13.5. The maximum Gasteiger partial charge on any atom is 0.339 e. The van der Waals surface area contributed by atoms with Crippen LogP contribution in [0.5, 0.6) is 5.75 Å². The van der Waals surface area contributed by atoms with Gasteiger partial charge in [0.2, 0.25) is 5.91 Å². The van der Waals surface area contributed by atoms with Crippen LogP contribution in [-0.4, -0.2) is 46.7 Å². The van der Waals surface area contributed by atoms with Crippen molar-refractivity contribution in [3.63, 3.8) is 0 Å². The summed E-state index contributed by atoms with van der Waals surface area (Å²) in [5.74, 6) is -2.84. The number of carbonyl (C=O) groups is 4. The first-order chi connectivity index (χ1) is 14.8. The van der Waals surface area contributed by atoms with Crippen LogP contribution >= 0.6 is 0 Å². The number of hydrogen-bond donors (Lipinski definition) is 1. The number of urea groups is 1. The molecule has 1 N–H and O–H groups in total. The number of carbonyl (C=O) groups excluding carboxylic acids is 4. The molecule has 1 fully saturated rings. The molecule has 0 unspecified atom stereocenters. The highest BCUT2D eigenvalue weighted by Crippen LogP contribution is 2.32. The van der Waals surface area contributed by atoms with Gasteiger partial charge in [0, 0.05) is 6.07 Å². The van der Waals surface area contributed by atoms with Crippen LogP contribution in [0.25, 0.3) is 0 Å². The molecule has 2 aromatic rings. The maximum atomic E-state index is 12.8. The van der Waals surface area contributed by atoms with Crippen molar-refractivity contribution in [1.29, 1.82) is 0 Å². The quantitative estimate of drug-likeness (QED) is 0.310. The number of ether oxygens (including phenoxy) is 1. The van der Waals surface area contributed by atoms with Crippen LogP contribution in [0.2, 0.25) is 0 Å². The number of nitrogens with one attached hydrogen (secondary N) is 1. The lowest BCUT2D eigenvalue weighted by Crippen LogP contribution is -2.39. The molecule has 31 heavy (non-hydrogen) atoms. The van der Waals surface area contributed by atoms with Gasteiger partial charge < -0.3 is 10.1 Å². The van der Waals surface area contributed by atoms with Gasteiger partial charge >= 0.3 is 17.8 Å². The Morgan fingerprint density at radius 2 is 1.81 bits per heavy atom. The molecule has 1 heterocycles. The molecule has 5 amide bonds. The fourth-order valence-corrected chi connectivity index (χ4v) is 3.07. The van der Waals surface area contributed by atoms with Crippen molar-refractivity contribution in [1.82, 2.24) is 4.90 Å². The van der Waals surface area contributed by atoms with E-state index in [1.54, 1.807) is 25.1 Å². The van der Waals surface area contributed by atoms with Gasteiger partial charge in [-0.1, -0.05) is 18.2 Å². The highest BCUT2D eigenvalue weighted by atomic mass is 16.6. The monoisotopic (exact) mass is 426 g/mol. The third kappa shape index (κ3) is 4.06. The van der Waals surface area contributed by atoms with E-state index in [1.165, 1.54) is 31.2 Å². The van der Waals surface area contributed by atoms with E-state index in [4.69, 9.17) is 4.74 Å². The lowest BCUT2D eigenvalue weighted by Gasteiger charge is -2.18. The number of imide groups is 2. The fourth-order valence-electron chi connectivity index (χ4n) is 3.07. The normalized spacial score (nSPS) is 13.5. The van der Waals surface area contributed by atoms with Crippen molar-refractivity contribution < 1.29 is 28.8 Å². The SMILES string of the molecule is CCOc1ccccc1N1C(=O)C(=O)N(CC(=O)Nc2cccc([N+](=O)[O-])c2C)C1=O. The minimum atomic E-state index is -1.16. The molecule has 0 bridgehead atoms. The molecule has 2 aromatic carbocycles. The molecule has 3 rings (SSSR count). The van der Waals surface area contributed by atoms with Crippen LogP contribution in [0, 0.1) is 17.0 Å². The Hall–Kier alpha value is -4.28. The summed E-state index contributed by atoms with van der Waals surface area (Å²) in [5.41, 5.74) is 0.261. The number of para-hydroxylation sites is 2. The summed E-state index contributed by atoms with van der Waals surface area (Å²) in [6.45, 7) is 2.71. The van der Waals surface area contributed by atoms with E-state index in [9.17, 15) is 29.3 Å². The predicted molar refractivity (Wildman–Crippen MR) is 109 cm³/mol. The third-order valence-electron chi connectivity index (χ3n) is 4.54. The van der Waals surface area contributed by atoms with E-state index >= 15 is 0 Å². The molecular weight excluding hydrogens is 408 g/mol. The number of nitrogens with zero attached hydrogens (tertiary/aromatic N) is 3. The van der Waals surface area contributed by atoms with Crippen molar-refractivity contribution in [2.45, 2.75) is 13.8 Å². The number of rotatable bonds is 7. The Labute approximate surface area is 176 Å². The molecular formula is C20H18N4O7. The molecule has 1 aliphatic heterocycles. The van der Waals surface area contributed by atoms with E-state index in [0.29, 0.717) is 9.80 Å². The van der Waals surface area contributed by atoms with Gasteiger partial charge in [-0.3, -0.25) is 24.5 Å². The Kier molecular flexibility index (Phi) is 5.95. The van der Waals surface area contributed by atoms with Gasteiger partial charge in [0.1, 0.15) is 12.3 Å². The summed E-state index contributed by atoms with van der Waals surface area (Å²) in [6, 6.07) is 9.34. The van der Waals surface area contributed by atoms with Gasteiger partial charge in [-0.25, -0.2) is 14.6 Å². The smallest absolute Gasteiger partial charge is 0.339 e. The van der Waals surface area contributed by atoms with E-state index in [0.717, 1.165) is 0 Å². The zero-order valence-corrected chi connectivity index (χ0v) is 16.7. The average molecular weight is 426 g/mol. The van der Waals surface area contributed by atoms with Crippen molar-refractivity contribution in [3.8, 4) is 5.75 Å². The standard InChI is InChI=1S/C20H18N4O7/c1-3-31-16-10-5-4-8-15(16)23-19(27)18(26)22(20(23)28)11-17(25)21-13-7-6-9-14(12(13)2)24(29)30/h4-10H,3,11H2,1-2H3,(H,21,25). The zero-order valence-electron chi connectivity index (χ0n) is 16.7. The number of nitro benzene ring substituents is 1. The average Bonchev–Trinajstić information content (AvgIpc) is 2.93. The first-order valence-electron chi connectivity index (χ1n) is 9.21. The Morgan fingerprint density at radius 3 is 2.48 bits per heavy atom. The van der Waals surface area contributed by atoms with Crippen LogP contribution < -0.4 is 15.0 Å². The molecule has 0 spiro atoms.